The number of nitrogens with zero attached hydrogens (tertiary/aromatic N) is 1. The largest absolute Gasteiger partial charge is 0.419 e. The SMILES string of the molecule is O=S(=O)(Nc1ccc(F)c(S(=O)(=O)N2CCOCC2)c1)c1ccc(F)c(C(F)(F)F)c1. The molecule has 0 unspecified atom stereocenters. The third kappa shape index (κ3) is 4.97. The summed E-state index contributed by atoms with van der Waals surface area (Å²) in [5, 5.41) is 0. The summed E-state index contributed by atoms with van der Waals surface area (Å²) in [6.07, 6.45) is -5.13. The van der Waals surface area contributed by atoms with Crippen LogP contribution in [0.25, 0.3) is 0 Å². The van der Waals surface area contributed by atoms with E-state index in [0.717, 1.165) is 10.4 Å². The summed E-state index contributed by atoms with van der Waals surface area (Å²) in [6.45, 7) is 0.125. The molecule has 0 aliphatic carbocycles. The Morgan fingerprint density at radius 2 is 1.52 bits per heavy atom. The Kier molecular flexibility index (Phi) is 6.28. The second-order valence-corrected chi connectivity index (χ2v) is 10.00. The van der Waals surface area contributed by atoms with Crippen LogP contribution in [-0.2, 0) is 31.0 Å². The van der Waals surface area contributed by atoms with Crippen LogP contribution in [0.1, 0.15) is 5.56 Å². The molecule has 0 aromatic heterocycles. The van der Waals surface area contributed by atoms with Gasteiger partial charge in [-0.05, 0) is 36.4 Å². The number of hydrogen-bond donors (Lipinski definition) is 1. The van der Waals surface area contributed by atoms with Crippen LogP contribution in [0.2, 0.25) is 0 Å². The summed E-state index contributed by atoms with van der Waals surface area (Å²) in [7, 11) is -9.00. The molecule has 7 nitrogen and oxygen atoms in total. The van der Waals surface area contributed by atoms with Gasteiger partial charge in [0.05, 0.1) is 29.4 Å². The minimum Gasteiger partial charge on any atom is -0.379 e. The first kappa shape index (κ1) is 23.4. The lowest BCUT2D eigenvalue weighted by Crippen LogP contribution is -2.40. The van der Waals surface area contributed by atoms with Crippen molar-refractivity contribution in [3.05, 3.63) is 53.6 Å². The third-order valence-electron chi connectivity index (χ3n) is 4.32. The summed E-state index contributed by atoms with van der Waals surface area (Å²) in [6, 6.07) is 3.38. The number of morpholine rings is 1. The van der Waals surface area contributed by atoms with Crippen molar-refractivity contribution in [1.82, 2.24) is 4.31 Å². The van der Waals surface area contributed by atoms with Gasteiger partial charge < -0.3 is 4.74 Å². The van der Waals surface area contributed by atoms with E-state index in [4.69, 9.17) is 4.74 Å². The van der Waals surface area contributed by atoms with Crippen molar-refractivity contribution in [3.63, 3.8) is 0 Å². The van der Waals surface area contributed by atoms with E-state index in [9.17, 15) is 38.8 Å². The fourth-order valence-electron chi connectivity index (χ4n) is 2.79. The molecule has 1 heterocycles. The van der Waals surface area contributed by atoms with Crippen LogP contribution in [-0.4, -0.2) is 47.4 Å². The van der Waals surface area contributed by atoms with E-state index in [0.29, 0.717) is 24.3 Å². The predicted molar refractivity (Wildman–Crippen MR) is 98.2 cm³/mol. The zero-order valence-corrected chi connectivity index (χ0v) is 17.1. The van der Waals surface area contributed by atoms with Crippen molar-refractivity contribution >= 4 is 25.7 Å². The minimum absolute atomic E-state index is 0.0342. The molecule has 0 amide bonds. The Bertz CT molecular complexity index is 1190. The van der Waals surface area contributed by atoms with Gasteiger partial charge in [-0.2, -0.15) is 17.5 Å². The topological polar surface area (TPSA) is 92.8 Å². The van der Waals surface area contributed by atoms with E-state index in [1.165, 1.54) is 0 Å². The van der Waals surface area contributed by atoms with Gasteiger partial charge in [0.15, 0.2) is 0 Å². The van der Waals surface area contributed by atoms with E-state index < -0.39 is 58.9 Å². The molecule has 31 heavy (non-hydrogen) atoms. The Balaban J connectivity index is 1.95. The van der Waals surface area contributed by atoms with Crippen molar-refractivity contribution in [2.75, 3.05) is 31.0 Å². The van der Waals surface area contributed by atoms with Gasteiger partial charge >= 0.3 is 6.18 Å². The van der Waals surface area contributed by atoms with Crippen LogP contribution in [0.5, 0.6) is 0 Å². The lowest BCUT2D eigenvalue weighted by Gasteiger charge is -2.26. The van der Waals surface area contributed by atoms with Gasteiger partial charge in [0.25, 0.3) is 10.0 Å². The molecule has 1 aliphatic rings. The van der Waals surface area contributed by atoms with Gasteiger partial charge in [-0.1, -0.05) is 0 Å². The fourth-order valence-corrected chi connectivity index (χ4v) is 5.37. The molecule has 1 N–H and O–H groups in total. The molecule has 1 aliphatic heterocycles. The number of rotatable bonds is 5. The normalized spacial score (nSPS) is 16.3. The number of sulfonamides is 2. The molecule has 0 spiro atoms. The van der Waals surface area contributed by atoms with Gasteiger partial charge in [-0.25, -0.2) is 25.6 Å². The fraction of sp³-hybridized carbons (Fsp3) is 0.294. The smallest absolute Gasteiger partial charge is 0.379 e. The van der Waals surface area contributed by atoms with Crippen LogP contribution in [0.4, 0.5) is 27.6 Å². The second kappa shape index (κ2) is 8.33. The predicted octanol–water partition coefficient (Wildman–Crippen LogP) is 2.81. The molecule has 14 heteroatoms. The zero-order chi connectivity index (χ0) is 23.0. The molecular formula is C17H15F5N2O5S2. The van der Waals surface area contributed by atoms with E-state index in [2.05, 4.69) is 0 Å². The van der Waals surface area contributed by atoms with Crippen molar-refractivity contribution in [2.45, 2.75) is 16.0 Å². The first-order valence-electron chi connectivity index (χ1n) is 8.59. The first-order valence-corrected chi connectivity index (χ1v) is 11.5. The molecule has 170 valence electrons. The maximum atomic E-state index is 14.2. The Hall–Kier alpha value is -2.29. The lowest BCUT2D eigenvalue weighted by molar-refractivity contribution is -0.140. The van der Waals surface area contributed by atoms with Crippen LogP contribution in [0, 0.1) is 11.6 Å². The van der Waals surface area contributed by atoms with Crippen molar-refractivity contribution < 1.29 is 43.5 Å². The highest BCUT2D eigenvalue weighted by Crippen LogP contribution is 2.33. The highest BCUT2D eigenvalue weighted by atomic mass is 32.2. The molecule has 1 saturated heterocycles. The standard InChI is InChI=1S/C17H15F5N2O5S2/c18-14-4-2-12(10-13(14)17(20,21)22)30(25,26)23-11-1-3-15(19)16(9-11)31(27,28)24-5-7-29-8-6-24/h1-4,9-10,23H,5-8H2. The van der Waals surface area contributed by atoms with Gasteiger partial charge in [-0.15, -0.1) is 0 Å². The summed E-state index contributed by atoms with van der Waals surface area (Å²) in [4.78, 5) is -1.73. The molecule has 3 rings (SSSR count). The van der Waals surface area contributed by atoms with Gasteiger partial charge in [0.2, 0.25) is 10.0 Å². The molecule has 2 aromatic carbocycles. The molecule has 0 saturated carbocycles. The average molecular weight is 486 g/mol. The van der Waals surface area contributed by atoms with Crippen LogP contribution in [0.3, 0.4) is 0 Å². The monoisotopic (exact) mass is 486 g/mol. The number of ether oxygens (including phenoxy) is 1. The molecule has 0 atom stereocenters. The van der Waals surface area contributed by atoms with Crippen LogP contribution < -0.4 is 4.72 Å². The molecule has 0 bridgehead atoms. The first-order chi connectivity index (χ1) is 14.3. The number of benzene rings is 2. The Morgan fingerprint density at radius 1 is 0.903 bits per heavy atom. The van der Waals surface area contributed by atoms with E-state index >= 15 is 0 Å². The second-order valence-electron chi connectivity index (χ2n) is 6.41. The minimum atomic E-state index is -5.13. The number of nitrogens with one attached hydrogen (secondary N) is 1. The number of anilines is 1. The van der Waals surface area contributed by atoms with Crippen molar-refractivity contribution in [2.24, 2.45) is 0 Å². The van der Waals surface area contributed by atoms with Crippen LogP contribution in [0.15, 0.2) is 46.2 Å². The maximum absolute atomic E-state index is 14.2. The average Bonchev–Trinajstić information content (AvgIpc) is 2.69. The van der Waals surface area contributed by atoms with E-state index in [1.807, 2.05) is 4.72 Å². The number of hydrogen-bond acceptors (Lipinski definition) is 5. The van der Waals surface area contributed by atoms with Crippen LogP contribution >= 0.6 is 0 Å². The number of halogens is 5. The number of alkyl halides is 3. The maximum Gasteiger partial charge on any atom is 0.419 e. The Labute approximate surface area is 174 Å². The quantitative estimate of drug-likeness (QED) is 0.657. The molecule has 0 radical (unpaired) electrons. The van der Waals surface area contributed by atoms with E-state index in [1.54, 1.807) is 0 Å². The lowest BCUT2D eigenvalue weighted by atomic mass is 10.2. The van der Waals surface area contributed by atoms with Gasteiger partial charge in [0.1, 0.15) is 16.5 Å². The summed E-state index contributed by atoms with van der Waals surface area (Å²) in [5.41, 5.74) is -2.20. The van der Waals surface area contributed by atoms with E-state index in [-0.39, 0.29) is 32.4 Å². The van der Waals surface area contributed by atoms with Gasteiger partial charge in [0, 0.05) is 13.1 Å². The van der Waals surface area contributed by atoms with Crippen molar-refractivity contribution in [3.8, 4) is 0 Å². The molecular weight excluding hydrogens is 471 g/mol. The highest BCUT2D eigenvalue weighted by Gasteiger charge is 2.35. The third-order valence-corrected chi connectivity index (χ3v) is 7.62. The molecule has 1 fully saturated rings. The summed E-state index contributed by atoms with van der Waals surface area (Å²) in [5.74, 6) is -2.80. The Morgan fingerprint density at radius 3 is 2.13 bits per heavy atom. The highest BCUT2D eigenvalue weighted by molar-refractivity contribution is 7.92. The van der Waals surface area contributed by atoms with Crippen molar-refractivity contribution in [1.29, 1.82) is 0 Å². The molecule has 2 aromatic rings. The summed E-state index contributed by atoms with van der Waals surface area (Å²) < 4.78 is 124. The van der Waals surface area contributed by atoms with Gasteiger partial charge in [-0.3, -0.25) is 4.72 Å². The zero-order valence-electron chi connectivity index (χ0n) is 15.5. The summed E-state index contributed by atoms with van der Waals surface area (Å²) >= 11 is 0.